The van der Waals surface area contributed by atoms with E-state index in [9.17, 15) is 4.79 Å². The molecule has 2 heterocycles. The number of thioether (sulfide) groups is 1. The fourth-order valence-corrected chi connectivity index (χ4v) is 4.23. The SMILES string of the molecule is CN1CCC(N=C2NC3(CCCC3)CS2)C1=O. The average Bonchev–Trinajstić information content (AvgIpc) is 3.00. The molecule has 1 saturated carbocycles. The lowest BCUT2D eigenvalue weighted by Gasteiger charge is -2.21. The normalized spacial score (nSPS) is 33.9. The van der Waals surface area contributed by atoms with Crippen LogP contribution >= 0.6 is 11.8 Å². The first-order chi connectivity index (χ1) is 8.19. The van der Waals surface area contributed by atoms with Gasteiger partial charge >= 0.3 is 0 Å². The smallest absolute Gasteiger partial charge is 0.247 e. The molecule has 4 nitrogen and oxygen atoms in total. The number of nitrogens with zero attached hydrogens (tertiary/aromatic N) is 2. The van der Waals surface area contributed by atoms with Crippen molar-refractivity contribution in [1.29, 1.82) is 0 Å². The van der Waals surface area contributed by atoms with Gasteiger partial charge in [0, 0.05) is 24.9 Å². The molecule has 3 fully saturated rings. The van der Waals surface area contributed by atoms with Crippen LogP contribution in [0, 0.1) is 0 Å². The lowest BCUT2D eigenvalue weighted by atomic mass is 10.0. The molecule has 1 aliphatic carbocycles. The molecule has 0 bridgehead atoms. The molecule has 3 aliphatic rings. The quantitative estimate of drug-likeness (QED) is 0.764. The molecule has 94 valence electrons. The van der Waals surface area contributed by atoms with Crippen molar-refractivity contribution < 1.29 is 4.79 Å². The minimum atomic E-state index is -0.133. The van der Waals surface area contributed by atoms with E-state index in [1.807, 2.05) is 7.05 Å². The van der Waals surface area contributed by atoms with Crippen LogP contribution in [0.3, 0.4) is 0 Å². The van der Waals surface area contributed by atoms with Crippen LogP contribution in [-0.2, 0) is 4.79 Å². The molecule has 3 rings (SSSR count). The fourth-order valence-electron chi connectivity index (χ4n) is 2.96. The minimum Gasteiger partial charge on any atom is -0.359 e. The number of likely N-dealkylation sites (tertiary alicyclic amines) is 1. The molecular weight excluding hydrogens is 234 g/mol. The van der Waals surface area contributed by atoms with E-state index in [0.29, 0.717) is 5.54 Å². The first-order valence-electron chi connectivity index (χ1n) is 6.42. The van der Waals surface area contributed by atoms with E-state index < -0.39 is 0 Å². The third kappa shape index (κ3) is 2.05. The van der Waals surface area contributed by atoms with E-state index in [1.54, 1.807) is 16.7 Å². The van der Waals surface area contributed by atoms with Gasteiger partial charge in [-0.05, 0) is 19.3 Å². The van der Waals surface area contributed by atoms with Crippen LogP contribution in [0.4, 0.5) is 0 Å². The number of nitrogens with one attached hydrogen (secondary N) is 1. The Morgan fingerprint density at radius 1 is 1.47 bits per heavy atom. The number of amides is 1. The minimum absolute atomic E-state index is 0.133. The number of hydrogen-bond donors (Lipinski definition) is 1. The van der Waals surface area contributed by atoms with E-state index in [0.717, 1.165) is 23.9 Å². The molecular formula is C12H19N3OS. The number of amidine groups is 1. The second kappa shape index (κ2) is 4.19. The van der Waals surface area contributed by atoms with Crippen LogP contribution in [0.15, 0.2) is 4.99 Å². The maximum absolute atomic E-state index is 11.8. The highest BCUT2D eigenvalue weighted by molar-refractivity contribution is 8.14. The number of rotatable bonds is 1. The fraction of sp³-hybridized carbons (Fsp3) is 0.833. The molecule has 17 heavy (non-hydrogen) atoms. The van der Waals surface area contributed by atoms with Crippen molar-refractivity contribution in [2.75, 3.05) is 19.3 Å². The zero-order chi connectivity index (χ0) is 11.9. The van der Waals surface area contributed by atoms with Gasteiger partial charge in [-0.15, -0.1) is 0 Å². The Bertz CT molecular complexity index is 363. The van der Waals surface area contributed by atoms with Crippen molar-refractivity contribution in [3.05, 3.63) is 0 Å². The van der Waals surface area contributed by atoms with Crippen molar-refractivity contribution in [3.63, 3.8) is 0 Å². The molecule has 0 radical (unpaired) electrons. The molecule has 1 unspecified atom stereocenters. The molecule has 1 atom stereocenters. The van der Waals surface area contributed by atoms with Gasteiger partial charge in [-0.3, -0.25) is 4.79 Å². The van der Waals surface area contributed by atoms with E-state index in [4.69, 9.17) is 0 Å². The summed E-state index contributed by atoms with van der Waals surface area (Å²) < 4.78 is 0. The predicted octanol–water partition coefficient (Wildman–Crippen LogP) is 1.22. The van der Waals surface area contributed by atoms with Crippen LogP contribution < -0.4 is 5.32 Å². The van der Waals surface area contributed by atoms with Crippen LogP contribution in [0.1, 0.15) is 32.1 Å². The Hall–Kier alpha value is -0.710. The molecule has 1 amide bonds. The van der Waals surface area contributed by atoms with E-state index in [-0.39, 0.29) is 11.9 Å². The van der Waals surface area contributed by atoms with Crippen LogP contribution in [-0.4, -0.2) is 46.9 Å². The molecule has 1 N–H and O–H groups in total. The van der Waals surface area contributed by atoms with Crippen molar-refractivity contribution in [2.45, 2.75) is 43.7 Å². The van der Waals surface area contributed by atoms with Crippen LogP contribution in [0.25, 0.3) is 0 Å². The third-order valence-electron chi connectivity index (χ3n) is 4.09. The lowest BCUT2D eigenvalue weighted by molar-refractivity contribution is -0.127. The Kier molecular flexibility index (Phi) is 2.81. The highest BCUT2D eigenvalue weighted by atomic mass is 32.2. The summed E-state index contributed by atoms with van der Waals surface area (Å²) in [6.45, 7) is 0.843. The molecule has 1 spiro atoms. The van der Waals surface area contributed by atoms with Gasteiger partial charge in [-0.2, -0.15) is 0 Å². The largest absolute Gasteiger partial charge is 0.359 e. The monoisotopic (exact) mass is 253 g/mol. The second-order valence-corrected chi connectivity index (χ2v) is 6.36. The van der Waals surface area contributed by atoms with Crippen molar-refractivity contribution in [1.82, 2.24) is 10.2 Å². The molecule has 2 saturated heterocycles. The first kappa shape index (κ1) is 11.4. The molecule has 0 aromatic carbocycles. The van der Waals surface area contributed by atoms with Gasteiger partial charge in [-0.1, -0.05) is 24.6 Å². The molecule has 2 aliphatic heterocycles. The summed E-state index contributed by atoms with van der Waals surface area (Å²) in [6.07, 6.45) is 6.04. The van der Waals surface area contributed by atoms with Gasteiger partial charge in [0.15, 0.2) is 5.17 Å². The summed E-state index contributed by atoms with van der Waals surface area (Å²) in [5.41, 5.74) is 0.303. The van der Waals surface area contributed by atoms with E-state index in [2.05, 4.69) is 10.3 Å². The Labute approximate surface area is 106 Å². The number of hydrogen-bond acceptors (Lipinski definition) is 3. The van der Waals surface area contributed by atoms with Gasteiger partial charge in [0.2, 0.25) is 5.91 Å². The lowest BCUT2D eigenvalue weighted by Crippen LogP contribution is -2.41. The van der Waals surface area contributed by atoms with E-state index >= 15 is 0 Å². The maximum Gasteiger partial charge on any atom is 0.247 e. The molecule has 0 aromatic heterocycles. The number of carbonyl (C=O) groups is 1. The van der Waals surface area contributed by atoms with Crippen LogP contribution in [0.2, 0.25) is 0 Å². The highest BCUT2D eigenvalue weighted by Crippen LogP contribution is 2.37. The molecule has 5 heteroatoms. The zero-order valence-electron chi connectivity index (χ0n) is 10.2. The Balaban J connectivity index is 1.68. The third-order valence-corrected chi connectivity index (χ3v) is 5.27. The van der Waals surface area contributed by atoms with Gasteiger partial charge in [0.05, 0.1) is 0 Å². The van der Waals surface area contributed by atoms with Crippen molar-refractivity contribution >= 4 is 22.8 Å². The summed E-state index contributed by atoms with van der Waals surface area (Å²) in [4.78, 5) is 18.2. The highest BCUT2D eigenvalue weighted by Gasteiger charge is 2.40. The van der Waals surface area contributed by atoms with Gasteiger partial charge in [0.25, 0.3) is 0 Å². The average molecular weight is 253 g/mol. The van der Waals surface area contributed by atoms with Crippen molar-refractivity contribution in [2.24, 2.45) is 4.99 Å². The van der Waals surface area contributed by atoms with Gasteiger partial charge in [0.1, 0.15) is 6.04 Å². The molecule has 0 aromatic rings. The maximum atomic E-state index is 11.8. The Morgan fingerprint density at radius 2 is 2.24 bits per heavy atom. The number of likely N-dealkylation sites (N-methyl/N-ethyl adjacent to an activating group) is 1. The first-order valence-corrected chi connectivity index (χ1v) is 7.41. The summed E-state index contributed by atoms with van der Waals surface area (Å²) in [7, 11) is 1.86. The Morgan fingerprint density at radius 3 is 2.88 bits per heavy atom. The van der Waals surface area contributed by atoms with Gasteiger partial charge < -0.3 is 10.2 Å². The van der Waals surface area contributed by atoms with E-state index in [1.165, 1.54) is 25.7 Å². The standard InChI is InChI=1S/C12H19N3OS/c1-15-7-4-9(10(15)16)13-11-14-12(8-17-11)5-2-3-6-12/h9H,2-8H2,1H3,(H,13,14). The zero-order valence-corrected chi connectivity index (χ0v) is 11.1. The predicted molar refractivity (Wildman–Crippen MR) is 70.3 cm³/mol. The number of carbonyl (C=O) groups excluding carboxylic acids is 1. The second-order valence-electron chi connectivity index (χ2n) is 5.40. The topological polar surface area (TPSA) is 44.7 Å². The summed E-state index contributed by atoms with van der Waals surface area (Å²) in [5.74, 6) is 1.30. The number of aliphatic imine (C=N–C) groups is 1. The summed E-state index contributed by atoms with van der Waals surface area (Å²) >= 11 is 1.80. The summed E-state index contributed by atoms with van der Waals surface area (Å²) in [5, 5.41) is 4.57. The van der Waals surface area contributed by atoms with Gasteiger partial charge in [-0.25, -0.2) is 4.99 Å². The van der Waals surface area contributed by atoms with Crippen LogP contribution in [0.5, 0.6) is 0 Å². The van der Waals surface area contributed by atoms with Crippen molar-refractivity contribution in [3.8, 4) is 0 Å². The summed E-state index contributed by atoms with van der Waals surface area (Å²) in [6, 6.07) is -0.133.